The number of likely N-dealkylation sites (tertiary alicyclic amines) is 1. The highest BCUT2D eigenvalue weighted by molar-refractivity contribution is 5.74. The molecule has 128 valence electrons. The van der Waals surface area contributed by atoms with Crippen molar-refractivity contribution in [3.8, 4) is 0 Å². The summed E-state index contributed by atoms with van der Waals surface area (Å²) in [6.45, 7) is 5.85. The zero-order chi connectivity index (χ0) is 16.1. The zero-order valence-corrected chi connectivity index (χ0v) is 13.8. The van der Waals surface area contributed by atoms with Gasteiger partial charge >= 0.3 is 6.03 Å². The first-order valence-corrected chi connectivity index (χ1v) is 8.41. The molecule has 0 spiro atoms. The number of nitrogens with zero attached hydrogens (tertiary/aromatic N) is 4. The number of morpholine rings is 1. The van der Waals surface area contributed by atoms with Crippen molar-refractivity contribution in [1.29, 1.82) is 0 Å². The lowest BCUT2D eigenvalue weighted by molar-refractivity contribution is 0.0410. The number of carbonyl (C=O) groups is 1. The van der Waals surface area contributed by atoms with Crippen LogP contribution in [0.4, 0.5) is 4.79 Å². The zero-order valence-electron chi connectivity index (χ0n) is 13.8. The van der Waals surface area contributed by atoms with Gasteiger partial charge in [-0.05, 0) is 12.8 Å². The predicted octanol–water partition coefficient (Wildman–Crippen LogP) is 1.16. The predicted molar refractivity (Wildman–Crippen MR) is 85.4 cm³/mol. The SMILES string of the molecule is COCCn1ccnc1C1CCN(C(=O)N2CCOCC2)CC1. The fourth-order valence-electron chi connectivity index (χ4n) is 3.34. The number of rotatable bonds is 4. The number of urea groups is 1. The quantitative estimate of drug-likeness (QED) is 0.835. The molecule has 0 aromatic carbocycles. The number of ether oxygens (including phenoxy) is 2. The number of aromatic nitrogens is 2. The van der Waals surface area contributed by atoms with Gasteiger partial charge in [0.25, 0.3) is 0 Å². The first kappa shape index (κ1) is 16.3. The van der Waals surface area contributed by atoms with Crippen molar-refractivity contribution < 1.29 is 14.3 Å². The second kappa shape index (κ2) is 7.79. The Hall–Kier alpha value is -1.60. The number of piperidine rings is 1. The summed E-state index contributed by atoms with van der Waals surface area (Å²) >= 11 is 0. The van der Waals surface area contributed by atoms with Crippen LogP contribution in [0.2, 0.25) is 0 Å². The van der Waals surface area contributed by atoms with Gasteiger partial charge in [0.05, 0.1) is 19.8 Å². The van der Waals surface area contributed by atoms with E-state index in [-0.39, 0.29) is 6.03 Å². The van der Waals surface area contributed by atoms with Gasteiger partial charge < -0.3 is 23.8 Å². The average molecular weight is 322 g/mol. The van der Waals surface area contributed by atoms with E-state index in [0.717, 1.165) is 38.3 Å². The van der Waals surface area contributed by atoms with Gasteiger partial charge in [-0.15, -0.1) is 0 Å². The first-order chi connectivity index (χ1) is 11.3. The third-order valence-electron chi connectivity index (χ3n) is 4.70. The lowest BCUT2D eigenvalue weighted by atomic mass is 9.96. The van der Waals surface area contributed by atoms with Crippen molar-refractivity contribution in [2.45, 2.75) is 25.3 Å². The average Bonchev–Trinajstić information content (AvgIpc) is 3.08. The van der Waals surface area contributed by atoms with Gasteiger partial charge in [-0.2, -0.15) is 0 Å². The summed E-state index contributed by atoms with van der Waals surface area (Å²) in [6, 6.07) is 0.162. The number of amides is 2. The Morgan fingerprint density at radius 2 is 1.96 bits per heavy atom. The summed E-state index contributed by atoms with van der Waals surface area (Å²) in [5.41, 5.74) is 0. The van der Waals surface area contributed by atoms with Crippen molar-refractivity contribution in [2.24, 2.45) is 0 Å². The van der Waals surface area contributed by atoms with Gasteiger partial charge in [0.1, 0.15) is 5.82 Å². The molecular formula is C16H26N4O3. The van der Waals surface area contributed by atoms with Crippen molar-refractivity contribution in [2.75, 3.05) is 53.1 Å². The largest absolute Gasteiger partial charge is 0.383 e. The summed E-state index contributed by atoms with van der Waals surface area (Å²) in [4.78, 5) is 20.9. The summed E-state index contributed by atoms with van der Waals surface area (Å²) in [5.74, 6) is 1.55. The van der Waals surface area contributed by atoms with Gasteiger partial charge in [0.15, 0.2) is 0 Å². The van der Waals surface area contributed by atoms with Gasteiger partial charge in [-0.3, -0.25) is 0 Å². The molecule has 0 N–H and O–H groups in total. The molecule has 23 heavy (non-hydrogen) atoms. The van der Waals surface area contributed by atoms with Gasteiger partial charge in [0, 0.05) is 58.1 Å². The number of hydrogen-bond acceptors (Lipinski definition) is 4. The van der Waals surface area contributed by atoms with Gasteiger partial charge in [0.2, 0.25) is 0 Å². The van der Waals surface area contributed by atoms with Crippen molar-refractivity contribution in [1.82, 2.24) is 19.4 Å². The highest BCUT2D eigenvalue weighted by atomic mass is 16.5. The number of imidazole rings is 1. The molecular weight excluding hydrogens is 296 g/mol. The molecule has 1 aromatic rings. The van der Waals surface area contributed by atoms with Crippen LogP contribution in [0.25, 0.3) is 0 Å². The van der Waals surface area contributed by atoms with Crippen LogP contribution in [0.5, 0.6) is 0 Å². The minimum Gasteiger partial charge on any atom is -0.383 e. The maximum atomic E-state index is 12.5. The van der Waals surface area contributed by atoms with Crippen molar-refractivity contribution >= 4 is 6.03 Å². The Kier molecular flexibility index (Phi) is 5.51. The second-order valence-electron chi connectivity index (χ2n) is 6.11. The molecule has 7 nitrogen and oxygen atoms in total. The number of carbonyl (C=O) groups excluding carboxylic acids is 1. The molecule has 3 heterocycles. The molecule has 1 aromatic heterocycles. The van der Waals surface area contributed by atoms with Gasteiger partial charge in [-0.1, -0.05) is 0 Å². The van der Waals surface area contributed by atoms with Crippen LogP contribution < -0.4 is 0 Å². The van der Waals surface area contributed by atoms with Crippen LogP contribution in [0.1, 0.15) is 24.6 Å². The molecule has 0 unspecified atom stereocenters. The van der Waals surface area contributed by atoms with E-state index in [1.807, 2.05) is 22.2 Å². The van der Waals surface area contributed by atoms with Crippen LogP contribution in [-0.2, 0) is 16.0 Å². The van der Waals surface area contributed by atoms with E-state index in [9.17, 15) is 4.79 Å². The molecule has 0 bridgehead atoms. The molecule has 0 saturated carbocycles. The Morgan fingerprint density at radius 3 is 2.65 bits per heavy atom. The highest BCUT2D eigenvalue weighted by Gasteiger charge is 2.29. The van der Waals surface area contributed by atoms with E-state index in [4.69, 9.17) is 9.47 Å². The lowest BCUT2D eigenvalue weighted by Crippen LogP contribution is -2.50. The summed E-state index contributed by atoms with van der Waals surface area (Å²) in [7, 11) is 1.71. The van der Waals surface area contributed by atoms with E-state index in [2.05, 4.69) is 9.55 Å². The topological polar surface area (TPSA) is 59.8 Å². The Balaban J connectivity index is 1.54. The Morgan fingerprint density at radius 1 is 1.26 bits per heavy atom. The second-order valence-corrected chi connectivity index (χ2v) is 6.11. The van der Waals surface area contributed by atoms with E-state index in [0.29, 0.717) is 38.8 Å². The standard InChI is InChI=1S/C16H26N4O3/c1-22-11-8-18-7-4-17-15(18)14-2-5-19(6-3-14)16(21)20-9-12-23-13-10-20/h4,7,14H,2-3,5-6,8-13H2,1H3. The molecule has 0 aliphatic carbocycles. The molecule has 2 aliphatic heterocycles. The molecule has 2 saturated heterocycles. The summed E-state index contributed by atoms with van der Waals surface area (Å²) < 4.78 is 12.6. The molecule has 2 fully saturated rings. The Bertz CT molecular complexity index is 505. The molecule has 7 heteroatoms. The lowest BCUT2D eigenvalue weighted by Gasteiger charge is -2.37. The minimum atomic E-state index is 0.162. The first-order valence-electron chi connectivity index (χ1n) is 8.41. The van der Waals surface area contributed by atoms with Crippen LogP contribution in [0.3, 0.4) is 0 Å². The normalized spacial score (nSPS) is 20.0. The summed E-state index contributed by atoms with van der Waals surface area (Å²) in [5, 5.41) is 0. The minimum absolute atomic E-state index is 0.162. The van der Waals surface area contributed by atoms with E-state index >= 15 is 0 Å². The smallest absolute Gasteiger partial charge is 0.320 e. The van der Waals surface area contributed by atoms with E-state index in [1.165, 1.54) is 0 Å². The van der Waals surface area contributed by atoms with Crippen LogP contribution in [-0.4, -0.2) is 78.5 Å². The molecule has 2 aliphatic rings. The Labute approximate surface area is 137 Å². The van der Waals surface area contributed by atoms with E-state index in [1.54, 1.807) is 7.11 Å². The molecule has 3 rings (SSSR count). The molecule has 0 radical (unpaired) electrons. The maximum absolute atomic E-state index is 12.5. The van der Waals surface area contributed by atoms with E-state index < -0.39 is 0 Å². The number of methoxy groups -OCH3 is 1. The monoisotopic (exact) mass is 322 g/mol. The maximum Gasteiger partial charge on any atom is 0.320 e. The fraction of sp³-hybridized carbons (Fsp3) is 0.750. The summed E-state index contributed by atoms with van der Waals surface area (Å²) in [6.07, 6.45) is 5.82. The molecule has 2 amide bonds. The van der Waals surface area contributed by atoms with Crippen molar-refractivity contribution in [3.05, 3.63) is 18.2 Å². The van der Waals surface area contributed by atoms with Crippen molar-refractivity contribution in [3.63, 3.8) is 0 Å². The third kappa shape index (κ3) is 3.84. The van der Waals surface area contributed by atoms with Crippen LogP contribution in [0.15, 0.2) is 12.4 Å². The highest BCUT2D eigenvalue weighted by Crippen LogP contribution is 2.27. The molecule has 0 atom stereocenters. The van der Waals surface area contributed by atoms with Crippen LogP contribution in [0, 0.1) is 0 Å². The third-order valence-corrected chi connectivity index (χ3v) is 4.70. The van der Waals surface area contributed by atoms with Crippen LogP contribution >= 0.6 is 0 Å². The number of hydrogen-bond donors (Lipinski definition) is 0. The fourth-order valence-corrected chi connectivity index (χ4v) is 3.34. The van der Waals surface area contributed by atoms with Gasteiger partial charge in [-0.25, -0.2) is 9.78 Å².